The Morgan fingerprint density at radius 3 is 2.54 bits per heavy atom. The van der Waals surface area contributed by atoms with E-state index in [0.29, 0.717) is 41.6 Å². The van der Waals surface area contributed by atoms with E-state index in [1.807, 2.05) is 4.90 Å². The summed E-state index contributed by atoms with van der Waals surface area (Å²) < 4.78 is 40.8. The molecule has 1 aromatic heterocycles. The molecule has 1 N–H and O–H groups in total. The molecule has 0 unspecified atom stereocenters. The zero-order valence-electron chi connectivity index (χ0n) is 15.3. The highest BCUT2D eigenvalue weighted by molar-refractivity contribution is 7.91. The van der Waals surface area contributed by atoms with Crippen LogP contribution < -0.4 is 5.32 Å². The van der Waals surface area contributed by atoms with Gasteiger partial charge < -0.3 is 5.32 Å². The van der Waals surface area contributed by atoms with E-state index in [9.17, 15) is 17.6 Å². The summed E-state index contributed by atoms with van der Waals surface area (Å²) in [5, 5.41) is 2.77. The van der Waals surface area contributed by atoms with Gasteiger partial charge in [-0.15, -0.1) is 11.3 Å². The molecule has 0 bridgehead atoms. The number of thiophene rings is 1. The number of rotatable bonds is 6. The number of hydrogen-bond acceptors (Lipinski definition) is 5. The van der Waals surface area contributed by atoms with Crippen LogP contribution in [0.4, 0.5) is 4.39 Å². The molecule has 1 amide bonds. The SMILES string of the molecule is Cc1ccc(CNC(=O)CN2CCN(S(=O)(=O)c3ccc(Cl)s3)CC2)cc1F. The maximum atomic E-state index is 13.6. The Labute approximate surface area is 173 Å². The summed E-state index contributed by atoms with van der Waals surface area (Å²) in [5.74, 6) is -0.474. The summed E-state index contributed by atoms with van der Waals surface area (Å²) >= 11 is 6.88. The molecule has 1 saturated heterocycles. The van der Waals surface area contributed by atoms with Gasteiger partial charge in [0.1, 0.15) is 10.0 Å². The zero-order chi connectivity index (χ0) is 20.3. The first-order valence-electron chi connectivity index (χ1n) is 8.75. The highest BCUT2D eigenvalue weighted by atomic mass is 35.5. The van der Waals surface area contributed by atoms with E-state index in [1.165, 1.54) is 16.4 Å². The molecule has 28 heavy (non-hydrogen) atoms. The number of carbonyl (C=O) groups excluding carboxylic acids is 1. The summed E-state index contributed by atoms with van der Waals surface area (Å²) in [6.07, 6.45) is 0. The summed E-state index contributed by atoms with van der Waals surface area (Å²) in [4.78, 5) is 14.0. The second-order valence-corrected chi connectivity index (χ2v) is 10.5. The molecular weight excluding hydrogens is 425 g/mol. The molecule has 1 aliphatic heterocycles. The molecule has 10 heteroatoms. The molecule has 0 saturated carbocycles. The van der Waals surface area contributed by atoms with Gasteiger partial charge in [-0.2, -0.15) is 4.31 Å². The van der Waals surface area contributed by atoms with Crippen molar-refractivity contribution in [1.82, 2.24) is 14.5 Å². The number of benzene rings is 1. The minimum Gasteiger partial charge on any atom is -0.351 e. The van der Waals surface area contributed by atoms with E-state index in [1.54, 1.807) is 25.1 Å². The molecule has 2 heterocycles. The third-order valence-electron chi connectivity index (χ3n) is 4.57. The fourth-order valence-corrected chi connectivity index (χ4v) is 5.96. The number of amides is 1. The highest BCUT2D eigenvalue weighted by Gasteiger charge is 2.30. The van der Waals surface area contributed by atoms with Crippen LogP contribution in [0.25, 0.3) is 0 Å². The number of sulfonamides is 1. The lowest BCUT2D eigenvalue weighted by atomic mass is 10.1. The second-order valence-electron chi connectivity index (χ2n) is 6.60. The predicted octanol–water partition coefficient (Wildman–Crippen LogP) is 2.47. The first-order chi connectivity index (χ1) is 13.3. The maximum Gasteiger partial charge on any atom is 0.252 e. The van der Waals surface area contributed by atoms with Gasteiger partial charge in [0.05, 0.1) is 10.9 Å². The van der Waals surface area contributed by atoms with Crippen molar-refractivity contribution in [3.63, 3.8) is 0 Å². The van der Waals surface area contributed by atoms with E-state index < -0.39 is 10.0 Å². The van der Waals surface area contributed by atoms with Gasteiger partial charge in [0.25, 0.3) is 10.0 Å². The van der Waals surface area contributed by atoms with Crippen molar-refractivity contribution >= 4 is 38.9 Å². The summed E-state index contributed by atoms with van der Waals surface area (Å²) in [6, 6.07) is 7.95. The van der Waals surface area contributed by atoms with Crippen LogP contribution in [0, 0.1) is 12.7 Å². The maximum absolute atomic E-state index is 13.6. The molecule has 2 aromatic rings. The molecule has 0 spiro atoms. The number of halogens is 2. The molecule has 1 aromatic carbocycles. The van der Waals surface area contributed by atoms with Gasteiger partial charge in [0.15, 0.2) is 0 Å². The number of hydrogen-bond donors (Lipinski definition) is 1. The van der Waals surface area contributed by atoms with E-state index in [4.69, 9.17) is 11.6 Å². The Bertz CT molecular complexity index is 957. The third-order valence-corrected chi connectivity index (χ3v) is 8.16. The Hall–Kier alpha value is -1.52. The highest BCUT2D eigenvalue weighted by Crippen LogP contribution is 2.28. The molecule has 0 atom stereocenters. The third kappa shape index (κ3) is 5.09. The Kier molecular flexibility index (Phi) is 6.72. The van der Waals surface area contributed by atoms with Crippen LogP contribution in [-0.2, 0) is 21.4 Å². The fraction of sp³-hybridized carbons (Fsp3) is 0.389. The minimum atomic E-state index is -3.54. The number of nitrogens with zero attached hydrogens (tertiary/aromatic N) is 2. The van der Waals surface area contributed by atoms with Crippen LogP contribution >= 0.6 is 22.9 Å². The number of piperazine rings is 1. The average Bonchev–Trinajstić information content (AvgIpc) is 3.10. The van der Waals surface area contributed by atoms with E-state index >= 15 is 0 Å². The lowest BCUT2D eigenvalue weighted by Crippen LogP contribution is -2.50. The Morgan fingerprint density at radius 2 is 1.93 bits per heavy atom. The van der Waals surface area contributed by atoms with Crippen molar-refractivity contribution in [2.75, 3.05) is 32.7 Å². The number of nitrogens with one attached hydrogen (secondary N) is 1. The van der Waals surface area contributed by atoms with Crippen LogP contribution in [0.3, 0.4) is 0 Å². The van der Waals surface area contributed by atoms with Crippen LogP contribution in [-0.4, -0.2) is 56.3 Å². The molecule has 0 aliphatic carbocycles. The van der Waals surface area contributed by atoms with Crippen molar-refractivity contribution in [1.29, 1.82) is 0 Å². The molecule has 3 rings (SSSR count). The summed E-state index contributed by atoms with van der Waals surface area (Å²) in [5.41, 5.74) is 1.26. The quantitative estimate of drug-likeness (QED) is 0.741. The van der Waals surface area contributed by atoms with Gasteiger partial charge in [0, 0.05) is 32.7 Å². The minimum absolute atomic E-state index is 0.174. The lowest BCUT2D eigenvalue weighted by Gasteiger charge is -2.33. The standard InChI is InChI=1S/C18H21ClFN3O3S2/c1-13-2-3-14(10-15(13)20)11-21-17(24)12-22-6-8-23(9-7-22)28(25,26)18-5-4-16(19)27-18/h2-5,10H,6-9,11-12H2,1H3,(H,21,24). The van der Waals surface area contributed by atoms with E-state index in [0.717, 1.165) is 11.3 Å². The molecule has 0 radical (unpaired) electrons. The summed E-state index contributed by atoms with van der Waals surface area (Å²) in [6.45, 7) is 3.67. The predicted molar refractivity (Wildman–Crippen MR) is 108 cm³/mol. The van der Waals surface area contributed by atoms with Gasteiger partial charge in [-0.25, -0.2) is 12.8 Å². The fourth-order valence-electron chi connectivity index (χ4n) is 2.90. The smallest absolute Gasteiger partial charge is 0.252 e. The van der Waals surface area contributed by atoms with Crippen molar-refractivity contribution in [2.24, 2.45) is 0 Å². The lowest BCUT2D eigenvalue weighted by molar-refractivity contribution is -0.122. The largest absolute Gasteiger partial charge is 0.351 e. The van der Waals surface area contributed by atoms with Crippen molar-refractivity contribution in [3.05, 3.63) is 51.6 Å². The molecule has 1 fully saturated rings. The number of aryl methyl sites for hydroxylation is 1. The molecule has 152 valence electrons. The van der Waals surface area contributed by atoms with Gasteiger partial charge in [-0.1, -0.05) is 23.7 Å². The number of carbonyl (C=O) groups is 1. The first-order valence-corrected chi connectivity index (χ1v) is 11.4. The second kappa shape index (κ2) is 8.87. The van der Waals surface area contributed by atoms with Gasteiger partial charge in [-0.3, -0.25) is 9.69 Å². The van der Waals surface area contributed by atoms with Crippen molar-refractivity contribution < 1.29 is 17.6 Å². The first kappa shape index (κ1) is 21.2. The molecular formula is C18H21ClFN3O3S2. The molecule has 6 nitrogen and oxygen atoms in total. The average molecular weight is 446 g/mol. The van der Waals surface area contributed by atoms with Crippen LogP contribution in [0.2, 0.25) is 4.34 Å². The van der Waals surface area contributed by atoms with Crippen LogP contribution in [0.5, 0.6) is 0 Å². The normalized spacial score (nSPS) is 16.2. The Balaban J connectivity index is 1.47. The summed E-state index contributed by atoms with van der Waals surface area (Å²) in [7, 11) is -3.54. The van der Waals surface area contributed by atoms with Crippen molar-refractivity contribution in [2.45, 2.75) is 17.7 Å². The van der Waals surface area contributed by atoms with E-state index in [2.05, 4.69) is 5.32 Å². The van der Waals surface area contributed by atoms with E-state index in [-0.39, 0.29) is 29.0 Å². The Morgan fingerprint density at radius 1 is 1.21 bits per heavy atom. The van der Waals surface area contributed by atoms with Gasteiger partial charge in [-0.05, 0) is 36.2 Å². The van der Waals surface area contributed by atoms with Crippen LogP contribution in [0.15, 0.2) is 34.5 Å². The van der Waals surface area contributed by atoms with Crippen molar-refractivity contribution in [3.8, 4) is 0 Å². The van der Waals surface area contributed by atoms with Gasteiger partial charge >= 0.3 is 0 Å². The van der Waals surface area contributed by atoms with Gasteiger partial charge in [0.2, 0.25) is 5.91 Å². The molecule has 1 aliphatic rings. The topological polar surface area (TPSA) is 69.7 Å². The monoisotopic (exact) mass is 445 g/mol. The zero-order valence-corrected chi connectivity index (χ0v) is 17.7. The van der Waals surface area contributed by atoms with Crippen LogP contribution in [0.1, 0.15) is 11.1 Å².